The number of carbonyl (C=O) groups is 5. The van der Waals surface area contributed by atoms with Gasteiger partial charge in [0.15, 0.2) is 5.78 Å². The zero-order valence-electron chi connectivity index (χ0n) is 59.2. The zero-order chi connectivity index (χ0) is 73.3. The Bertz CT molecular complexity index is 3560. The van der Waals surface area contributed by atoms with Gasteiger partial charge in [-0.3, -0.25) is 24.0 Å². The molecule has 8 aromatic rings. The van der Waals surface area contributed by atoms with Crippen molar-refractivity contribution in [3.05, 3.63) is 96.1 Å². The number of hydrogen-bond donors (Lipinski definition) is 4. The van der Waals surface area contributed by atoms with Crippen LogP contribution < -0.4 is 40.9 Å². The third-order valence-corrected chi connectivity index (χ3v) is 18.5. The second-order valence-electron chi connectivity index (χ2n) is 23.8. The molecule has 0 bridgehead atoms. The normalized spacial score (nSPS) is 11.2. The van der Waals surface area contributed by atoms with Crippen molar-refractivity contribution in [1.29, 1.82) is 0 Å². The van der Waals surface area contributed by atoms with Crippen LogP contribution in [0.5, 0.6) is 0 Å². The van der Waals surface area contributed by atoms with E-state index in [0.717, 1.165) is 181 Å². The summed E-state index contributed by atoms with van der Waals surface area (Å²) < 4.78 is 8.34. The van der Waals surface area contributed by atoms with Gasteiger partial charge in [-0.2, -0.15) is 0 Å². The van der Waals surface area contributed by atoms with Crippen LogP contribution in [0, 0.1) is 0 Å². The van der Waals surface area contributed by atoms with Crippen molar-refractivity contribution in [2.75, 3.05) is 140 Å². The molecule has 0 saturated carbocycles. The molecular weight excluding hydrogens is 1450 g/mol. The number of alkyl halides is 8. The number of Topliss-reactive ketones (excluding diaryl/α,β-unsaturated/α-hetero) is 1. The van der Waals surface area contributed by atoms with E-state index in [-0.39, 0.29) is 36.8 Å². The van der Waals surface area contributed by atoms with Crippen molar-refractivity contribution in [3.63, 3.8) is 0 Å². The van der Waals surface area contributed by atoms with Crippen LogP contribution in [0.25, 0.3) is 44.1 Å². The molecule has 0 radical (unpaired) electrons. The van der Waals surface area contributed by atoms with Gasteiger partial charge < -0.3 is 59.1 Å². The predicted octanol–water partition coefficient (Wildman–Crippen LogP) is 12.7. The van der Waals surface area contributed by atoms with E-state index in [0.29, 0.717) is 85.6 Å². The van der Waals surface area contributed by atoms with Gasteiger partial charge >= 0.3 is 0 Å². The van der Waals surface area contributed by atoms with E-state index in [2.05, 4.69) is 132 Å². The summed E-state index contributed by atoms with van der Waals surface area (Å²) in [6, 6.07) is 24.4. The number of aryl methyl sites for hydroxylation is 8. The number of carbonyl (C=O) groups excluding carboxylic acids is 5. The van der Waals surface area contributed by atoms with Crippen LogP contribution in [0.1, 0.15) is 95.9 Å². The number of hydrogen-bond acceptors (Lipinski definition) is 13. The fraction of sp³-hybridized carbons (Fsp3) is 0.542. The van der Waals surface area contributed by atoms with Gasteiger partial charge in [0.25, 0.3) is 0 Å². The Hall–Kier alpha value is -6.17. The molecule has 101 heavy (non-hydrogen) atoms. The molecule has 4 aromatic carbocycles. The Balaban J connectivity index is 0.000000285. The van der Waals surface area contributed by atoms with Crippen LogP contribution in [-0.2, 0) is 77.8 Å². The SMILES string of the molecule is C.CC(=O)C(C)NC(=O)CCCc1nc2cc(N(CCCl)CCCl)ccc2n1C.CNC(=O)CCCc1nc2cc(N(CCCl)CCCl)ccc2n1C.CNC(=O)CCCc1nc2cc(N(CCCl)CCCl)ccc2n1C.CNC(=O)CCCc1nc2cc(N(CCCl)CCCl)ccc2n1C. The maximum absolute atomic E-state index is 11.9. The lowest BCUT2D eigenvalue weighted by molar-refractivity contribution is -0.126. The Labute approximate surface area is 636 Å². The molecule has 0 saturated heterocycles. The third kappa shape index (κ3) is 26.8. The molecule has 21 nitrogen and oxygen atoms in total. The number of fused-ring (bicyclic) bond motifs is 4. The number of halogens is 8. The predicted molar refractivity (Wildman–Crippen MR) is 426 cm³/mol. The lowest BCUT2D eigenvalue weighted by Crippen LogP contribution is -2.37. The molecule has 8 rings (SSSR count). The van der Waals surface area contributed by atoms with Gasteiger partial charge in [0.2, 0.25) is 23.6 Å². The summed E-state index contributed by atoms with van der Waals surface area (Å²) in [5.74, 6) is 8.36. The Kier molecular flexibility index (Phi) is 40.2. The number of benzene rings is 4. The monoisotopic (exact) mass is 1550 g/mol. The van der Waals surface area contributed by atoms with Crippen molar-refractivity contribution >= 4 is 189 Å². The van der Waals surface area contributed by atoms with Crippen LogP contribution in [-0.4, -0.2) is 194 Å². The molecule has 4 N–H and O–H groups in total. The van der Waals surface area contributed by atoms with E-state index in [1.807, 2.05) is 28.2 Å². The van der Waals surface area contributed by atoms with Crippen molar-refractivity contribution in [2.24, 2.45) is 28.2 Å². The molecular formula is C72H104Cl8N16O5. The number of ketones is 1. The minimum absolute atomic E-state index is 0. The van der Waals surface area contributed by atoms with Crippen LogP contribution in [0.4, 0.5) is 22.7 Å². The summed E-state index contributed by atoms with van der Waals surface area (Å²) in [5.41, 5.74) is 12.4. The number of amides is 4. The molecule has 0 aliphatic carbocycles. The maximum Gasteiger partial charge on any atom is 0.220 e. The Morgan fingerprint density at radius 2 is 0.584 bits per heavy atom. The molecule has 1 atom stereocenters. The molecule has 0 spiro atoms. The van der Waals surface area contributed by atoms with Crippen molar-refractivity contribution < 1.29 is 24.0 Å². The summed E-state index contributed by atoms with van der Waals surface area (Å²) in [7, 11) is 13.0. The molecule has 29 heteroatoms. The molecule has 4 amide bonds. The van der Waals surface area contributed by atoms with Crippen molar-refractivity contribution in [3.8, 4) is 0 Å². The first-order valence-electron chi connectivity index (χ1n) is 33.9. The van der Waals surface area contributed by atoms with Gasteiger partial charge in [-0.25, -0.2) is 19.9 Å². The molecule has 558 valence electrons. The van der Waals surface area contributed by atoms with Gasteiger partial charge in [-0.05, 0) is 112 Å². The smallest absolute Gasteiger partial charge is 0.220 e. The highest BCUT2D eigenvalue weighted by molar-refractivity contribution is 6.20. The number of aromatic nitrogens is 8. The first-order chi connectivity index (χ1) is 48.2. The average molecular weight is 1560 g/mol. The molecule has 4 aromatic heterocycles. The Morgan fingerprint density at radius 1 is 0.376 bits per heavy atom. The van der Waals surface area contributed by atoms with E-state index in [4.69, 9.17) is 113 Å². The maximum atomic E-state index is 11.9. The largest absolute Gasteiger partial charge is 0.369 e. The quantitative estimate of drug-likeness (QED) is 0.0265. The molecule has 0 aliphatic rings. The highest BCUT2D eigenvalue weighted by Gasteiger charge is 2.18. The highest BCUT2D eigenvalue weighted by atomic mass is 35.5. The zero-order valence-corrected chi connectivity index (χ0v) is 65.3. The summed E-state index contributed by atoms with van der Waals surface area (Å²) >= 11 is 47.1. The Morgan fingerprint density at radius 3 is 0.772 bits per heavy atom. The minimum Gasteiger partial charge on any atom is -0.369 e. The minimum atomic E-state index is -0.439. The second-order valence-corrected chi connectivity index (χ2v) is 26.9. The summed E-state index contributed by atoms with van der Waals surface area (Å²) in [6.45, 7) is 9.16. The van der Waals surface area contributed by atoms with Gasteiger partial charge in [-0.15, -0.1) is 92.8 Å². The van der Waals surface area contributed by atoms with Crippen molar-refractivity contribution in [2.45, 2.75) is 104 Å². The number of rotatable bonds is 38. The van der Waals surface area contributed by atoms with Gasteiger partial charge in [-0.1, -0.05) is 7.43 Å². The van der Waals surface area contributed by atoms with E-state index < -0.39 is 6.04 Å². The van der Waals surface area contributed by atoms with E-state index in [9.17, 15) is 24.0 Å². The lowest BCUT2D eigenvalue weighted by atomic mass is 10.2. The molecule has 1 unspecified atom stereocenters. The average Bonchev–Trinajstić information content (AvgIpc) is 1.71. The fourth-order valence-electron chi connectivity index (χ4n) is 11.3. The van der Waals surface area contributed by atoms with Crippen molar-refractivity contribution in [1.82, 2.24) is 59.5 Å². The van der Waals surface area contributed by atoms with E-state index in [1.165, 1.54) is 6.92 Å². The first-order valence-corrected chi connectivity index (χ1v) is 38.2. The summed E-state index contributed by atoms with van der Waals surface area (Å²) in [4.78, 5) is 84.8. The summed E-state index contributed by atoms with van der Waals surface area (Å²) in [6.07, 6.45) is 7.98. The number of anilines is 4. The lowest BCUT2D eigenvalue weighted by Gasteiger charge is -2.22. The van der Waals surface area contributed by atoms with Gasteiger partial charge in [0.05, 0.1) is 50.2 Å². The molecule has 0 fully saturated rings. The first kappa shape index (κ1) is 87.2. The van der Waals surface area contributed by atoms with E-state index in [1.54, 1.807) is 28.1 Å². The molecule has 4 heterocycles. The van der Waals surface area contributed by atoms with Crippen LogP contribution in [0.15, 0.2) is 72.8 Å². The summed E-state index contributed by atoms with van der Waals surface area (Å²) in [5, 5.41) is 10.6. The third-order valence-electron chi connectivity index (χ3n) is 17.2. The van der Waals surface area contributed by atoms with Crippen LogP contribution >= 0.6 is 92.8 Å². The number of nitrogens with one attached hydrogen (secondary N) is 4. The van der Waals surface area contributed by atoms with Gasteiger partial charge in [0.1, 0.15) is 23.3 Å². The van der Waals surface area contributed by atoms with Gasteiger partial charge in [0, 0.05) is 223 Å². The topological polar surface area (TPSA) is 218 Å². The van der Waals surface area contributed by atoms with E-state index >= 15 is 0 Å². The van der Waals surface area contributed by atoms with Crippen LogP contribution in [0.2, 0.25) is 0 Å². The van der Waals surface area contributed by atoms with Crippen LogP contribution in [0.3, 0.4) is 0 Å². The standard InChI is InChI=1S/C20H28Cl2N4O2.3C17H24Cl2N4O.CH4/c1-14(15(2)27)23-20(28)6-4-5-19-24-17-13-16(7-8-18(17)25(19)3)26(11-9-21)12-10-22;3*1-20-17(24)5-3-4-16-21-14-12-13(6-7-15(14)22(16)2)23(10-8-18)11-9-19;/h7-8,13-14H,4-6,9-12H2,1-3H3,(H,23,28);3*6-7,12H,3-5,8-11H2,1-2H3,(H,20,24);1H4. The number of imidazole rings is 4. The second kappa shape index (κ2) is 46.5. The highest BCUT2D eigenvalue weighted by Crippen LogP contribution is 2.28. The number of nitrogens with zero attached hydrogens (tertiary/aromatic N) is 12. The fourth-order valence-corrected chi connectivity index (χ4v) is 13.0. The molecule has 0 aliphatic heterocycles.